The van der Waals surface area contributed by atoms with Crippen LogP contribution in [0.3, 0.4) is 0 Å². The van der Waals surface area contributed by atoms with Crippen LogP contribution in [-0.2, 0) is 10.2 Å². The highest BCUT2D eigenvalue weighted by atomic mass is 16.5. The minimum Gasteiger partial charge on any atom is -0.381 e. The van der Waals surface area contributed by atoms with Crippen molar-refractivity contribution >= 4 is 0 Å². The van der Waals surface area contributed by atoms with Crippen LogP contribution >= 0.6 is 0 Å². The van der Waals surface area contributed by atoms with Crippen LogP contribution < -0.4 is 5.73 Å². The Balaban J connectivity index is 2.34. The molecule has 88 valence electrons. The van der Waals surface area contributed by atoms with Gasteiger partial charge in [0.2, 0.25) is 0 Å². The summed E-state index contributed by atoms with van der Waals surface area (Å²) in [5.74, 6) is 0. The van der Waals surface area contributed by atoms with E-state index in [2.05, 4.69) is 37.3 Å². The van der Waals surface area contributed by atoms with E-state index in [0.717, 1.165) is 32.5 Å². The number of benzene rings is 1. The van der Waals surface area contributed by atoms with Gasteiger partial charge >= 0.3 is 0 Å². The molecule has 1 unspecified atom stereocenters. The standard InChI is InChI=1S/C14H21NO/c1-2-13(15)14(8-10-16-11-9-14)12-6-4-3-5-7-12/h3-7,13H,2,8-11,15H2,1H3. The molecule has 0 saturated carbocycles. The Hall–Kier alpha value is -0.860. The second-order valence-corrected chi connectivity index (χ2v) is 4.65. The molecular weight excluding hydrogens is 198 g/mol. The zero-order valence-corrected chi connectivity index (χ0v) is 9.99. The molecule has 2 heteroatoms. The van der Waals surface area contributed by atoms with Crippen molar-refractivity contribution in [3.8, 4) is 0 Å². The molecule has 0 aliphatic carbocycles. The SMILES string of the molecule is CCC(N)C1(c2ccccc2)CCOCC1. The van der Waals surface area contributed by atoms with Crippen LogP contribution in [0, 0.1) is 0 Å². The quantitative estimate of drug-likeness (QED) is 0.847. The van der Waals surface area contributed by atoms with Gasteiger partial charge < -0.3 is 10.5 Å². The molecule has 0 radical (unpaired) electrons. The summed E-state index contributed by atoms with van der Waals surface area (Å²) < 4.78 is 5.49. The minimum atomic E-state index is 0.133. The molecular formula is C14H21NO. The fourth-order valence-electron chi connectivity index (χ4n) is 2.77. The first-order valence-corrected chi connectivity index (χ1v) is 6.18. The minimum absolute atomic E-state index is 0.133. The smallest absolute Gasteiger partial charge is 0.0475 e. The molecule has 0 amide bonds. The summed E-state index contributed by atoms with van der Waals surface area (Å²) in [6.07, 6.45) is 3.12. The van der Waals surface area contributed by atoms with Crippen LogP contribution in [0.2, 0.25) is 0 Å². The third kappa shape index (κ3) is 2.00. The molecule has 2 N–H and O–H groups in total. The van der Waals surface area contributed by atoms with Crippen LogP contribution in [0.1, 0.15) is 31.7 Å². The maximum atomic E-state index is 6.36. The van der Waals surface area contributed by atoms with E-state index in [1.54, 1.807) is 0 Å². The first kappa shape index (κ1) is 11.6. The molecule has 1 saturated heterocycles. The topological polar surface area (TPSA) is 35.2 Å². The van der Waals surface area contributed by atoms with Gasteiger partial charge in [-0.2, -0.15) is 0 Å². The van der Waals surface area contributed by atoms with E-state index in [9.17, 15) is 0 Å². The maximum absolute atomic E-state index is 6.36. The predicted octanol–water partition coefficient (Wildman–Crippen LogP) is 2.47. The number of hydrogen-bond acceptors (Lipinski definition) is 2. The lowest BCUT2D eigenvalue weighted by atomic mass is 9.68. The van der Waals surface area contributed by atoms with E-state index in [1.165, 1.54) is 5.56 Å². The summed E-state index contributed by atoms with van der Waals surface area (Å²) in [5.41, 5.74) is 7.87. The van der Waals surface area contributed by atoms with Crippen LogP contribution in [0.15, 0.2) is 30.3 Å². The molecule has 1 heterocycles. The normalized spacial score (nSPS) is 21.6. The van der Waals surface area contributed by atoms with Crippen molar-refractivity contribution in [1.29, 1.82) is 0 Å². The molecule has 16 heavy (non-hydrogen) atoms. The summed E-state index contributed by atoms with van der Waals surface area (Å²) in [6, 6.07) is 10.9. The van der Waals surface area contributed by atoms with Crippen LogP contribution in [0.4, 0.5) is 0 Å². The second kappa shape index (κ2) is 4.98. The van der Waals surface area contributed by atoms with E-state index in [0.29, 0.717) is 0 Å². The molecule has 1 aliphatic heterocycles. The van der Waals surface area contributed by atoms with E-state index in [4.69, 9.17) is 10.5 Å². The van der Waals surface area contributed by atoms with Crippen molar-refractivity contribution < 1.29 is 4.74 Å². The van der Waals surface area contributed by atoms with E-state index >= 15 is 0 Å². The highest BCUT2D eigenvalue weighted by molar-refractivity contribution is 5.28. The van der Waals surface area contributed by atoms with Crippen molar-refractivity contribution in [2.75, 3.05) is 13.2 Å². The van der Waals surface area contributed by atoms with Gasteiger partial charge in [-0.3, -0.25) is 0 Å². The molecule has 1 atom stereocenters. The van der Waals surface area contributed by atoms with Crippen molar-refractivity contribution in [1.82, 2.24) is 0 Å². The van der Waals surface area contributed by atoms with Gasteiger partial charge in [-0.25, -0.2) is 0 Å². The number of hydrogen-bond donors (Lipinski definition) is 1. The summed E-state index contributed by atoms with van der Waals surface area (Å²) >= 11 is 0. The van der Waals surface area contributed by atoms with Gasteiger partial charge in [0.25, 0.3) is 0 Å². The van der Waals surface area contributed by atoms with Gasteiger partial charge in [0.1, 0.15) is 0 Å². The van der Waals surface area contributed by atoms with Crippen LogP contribution in [-0.4, -0.2) is 19.3 Å². The number of nitrogens with two attached hydrogens (primary N) is 1. The summed E-state index contributed by atoms with van der Waals surface area (Å²) in [5, 5.41) is 0. The van der Waals surface area contributed by atoms with Gasteiger partial charge in [-0.15, -0.1) is 0 Å². The lowest BCUT2D eigenvalue weighted by Gasteiger charge is -2.42. The summed E-state index contributed by atoms with van der Waals surface area (Å²) in [4.78, 5) is 0. The van der Waals surface area contributed by atoms with Crippen molar-refractivity contribution in [3.05, 3.63) is 35.9 Å². The predicted molar refractivity (Wildman–Crippen MR) is 66.4 cm³/mol. The Morgan fingerprint density at radius 1 is 1.25 bits per heavy atom. The van der Waals surface area contributed by atoms with E-state index in [-0.39, 0.29) is 11.5 Å². The Morgan fingerprint density at radius 2 is 1.88 bits per heavy atom. The lowest BCUT2D eigenvalue weighted by molar-refractivity contribution is 0.0395. The molecule has 1 aromatic rings. The van der Waals surface area contributed by atoms with Crippen molar-refractivity contribution in [2.24, 2.45) is 5.73 Å². The molecule has 0 bridgehead atoms. The molecule has 2 nitrogen and oxygen atoms in total. The van der Waals surface area contributed by atoms with Gasteiger partial charge in [0, 0.05) is 24.7 Å². The Labute approximate surface area is 97.8 Å². The molecule has 2 rings (SSSR count). The van der Waals surface area contributed by atoms with E-state index in [1.807, 2.05) is 0 Å². The first-order valence-electron chi connectivity index (χ1n) is 6.18. The van der Waals surface area contributed by atoms with Crippen molar-refractivity contribution in [2.45, 2.75) is 37.6 Å². The Bertz CT molecular complexity index is 317. The summed E-state index contributed by atoms with van der Waals surface area (Å²) in [6.45, 7) is 3.84. The fraction of sp³-hybridized carbons (Fsp3) is 0.571. The zero-order valence-electron chi connectivity index (χ0n) is 9.99. The number of rotatable bonds is 3. The lowest BCUT2D eigenvalue weighted by Crippen LogP contribution is -2.48. The Morgan fingerprint density at radius 3 is 2.44 bits per heavy atom. The van der Waals surface area contributed by atoms with Crippen LogP contribution in [0.25, 0.3) is 0 Å². The van der Waals surface area contributed by atoms with Gasteiger partial charge in [0.15, 0.2) is 0 Å². The third-order valence-electron chi connectivity index (χ3n) is 3.88. The average Bonchev–Trinajstić information content (AvgIpc) is 2.39. The second-order valence-electron chi connectivity index (χ2n) is 4.65. The maximum Gasteiger partial charge on any atom is 0.0475 e. The van der Waals surface area contributed by atoms with Crippen LogP contribution in [0.5, 0.6) is 0 Å². The molecule has 0 aromatic heterocycles. The zero-order chi connectivity index (χ0) is 11.4. The van der Waals surface area contributed by atoms with Gasteiger partial charge in [-0.05, 0) is 24.8 Å². The molecule has 1 aromatic carbocycles. The highest BCUT2D eigenvalue weighted by Crippen LogP contribution is 2.38. The average molecular weight is 219 g/mol. The summed E-state index contributed by atoms with van der Waals surface area (Å²) in [7, 11) is 0. The largest absolute Gasteiger partial charge is 0.381 e. The molecule has 1 fully saturated rings. The molecule has 0 spiro atoms. The number of ether oxygens (including phenoxy) is 1. The fourth-order valence-corrected chi connectivity index (χ4v) is 2.77. The van der Waals surface area contributed by atoms with Gasteiger partial charge in [-0.1, -0.05) is 37.3 Å². The molecule has 1 aliphatic rings. The van der Waals surface area contributed by atoms with E-state index < -0.39 is 0 Å². The van der Waals surface area contributed by atoms with Gasteiger partial charge in [0.05, 0.1) is 0 Å². The third-order valence-corrected chi connectivity index (χ3v) is 3.88. The first-order chi connectivity index (χ1) is 7.79. The Kier molecular flexibility index (Phi) is 3.62. The highest BCUT2D eigenvalue weighted by Gasteiger charge is 2.38. The monoisotopic (exact) mass is 219 g/mol. The van der Waals surface area contributed by atoms with Crippen molar-refractivity contribution in [3.63, 3.8) is 0 Å².